The summed E-state index contributed by atoms with van der Waals surface area (Å²) in [5, 5.41) is 1.23. The Kier molecular flexibility index (Phi) is 3.11. The van der Waals surface area contributed by atoms with E-state index in [1.165, 1.54) is 26.5 Å². The minimum absolute atomic E-state index is 0.365. The van der Waals surface area contributed by atoms with E-state index < -0.39 is 10.0 Å². The average molecular weight is 326 g/mol. The first-order valence-electron chi connectivity index (χ1n) is 7.59. The Hall–Kier alpha value is -2.11. The summed E-state index contributed by atoms with van der Waals surface area (Å²) in [7, 11) is -0.267. The van der Waals surface area contributed by atoms with Gasteiger partial charge in [-0.3, -0.25) is 0 Å². The van der Waals surface area contributed by atoms with Crippen LogP contribution in [0.4, 0.5) is 0 Å². The van der Waals surface area contributed by atoms with E-state index in [0.29, 0.717) is 4.90 Å². The van der Waals surface area contributed by atoms with Crippen LogP contribution in [0.3, 0.4) is 0 Å². The Morgan fingerprint density at radius 3 is 2.57 bits per heavy atom. The summed E-state index contributed by atoms with van der Waals surface area (Å²) in [6, 6.07) is 13.8. The monoisotopic (exact) mass is 326 g/mol. The Labute approximate surface area is 135 Å². The third kappa shape index (κ3) is 2.19. The third-order valence-corrected chi connectivity index (χ3v) is 6.40. The van der Waals surface area contributed by atoms with E-state index in [-0.39, 0.29) is 0 Å². The molecule has 0 bridgehead atoms. The van der Waals surface area contributed by atoms with Gasteiger partial charge in [0.15, 0.2) is 0 Å². The maximum atomic E-state index is 12.3. The lowest BCUT2D eigenvalue weighted by Gasteiger charge is -2.19. The van der Waals surface area contributed by atoms with Crippen molar-refractivity contribution in [2.45, 2.75) is 17.7 Å². The number of benzene rings is 2. The molecule has 118 valence electrons. The number of nitrogens with one attached hydrogen (secondary N) is 1. The van der Waals surface area contributed by atoms with Gasteiger partial charge in [0, 0.05) is 43.5 Å². The lowest BCUT2D eigenvalue weighted by atomic mass is 9.89. The molecule has 1 aromatic heterocycles. The maximum absolute atomic E-state index is 12.3. The molecule has 0 spiro atoms. The average Bonchev–Trinajstić information content (AvgIpc) is 2.89. The van der Waals surface area contributed by atoms with Gasteiger partial charge in [-0.1, -0.05) is 24.3 Å². The van der Waals surface area contributed by atoms with Crippen LogP contribution in [0.1, 0.15) is 22.4 Å². The molecule has 0 saturated carbocycles. The van der Waals surface area contributed by atoms with E-state index in [1.54, 1.807) is 20.2 Å². The fourth-order valence-corrected chi connectivity index (χ4v) is 4.25. The number of sulfonamides is 1. The Balaban J connectivity index is 1.83. The van der Waals surface area contributed by atoms with Gasteiger partial charge in [-0.15, -0.1) is 0 Å². The molecule has 1 aliphatic carbocycles. The highest BCUT2D eigenvalue weighted by Crippen LogP contribution is 2.33. The molecule has 2 aromatic carbocycles. The van der Waals surface area contributed by atoms with E-state index in [0.717, 1.165) is 23.9 Å². The molecule has 0 atom stereocenters. The van der Waals surface area contributed by atoms with Gasteiger partial charge in [-0.25, -0.2) is 12.7 Å². The predicted octanol–water partition coefficient (Wildman–Crippen LogP) is 2.91. The number of fused-ring (bicyclic) bond motifs is 4. The minimum atomic E-state index is -3.39. The van der Waals surface area contributed by atoms with E-state index in [4.69, 9.17) is 0 Å². The van der Waals surface area contributed by atoms with Crippen LogP contribution in [0.25, 0.3) is 10.9 Å². The Morgan fingerprint density at radius 2 is 1.78 bits per heavy atom. The number of para-hydroxylation sites is 1. The number of H-pyrrole nitrogens is 1. The maximum Gasteiger partial charge on any atom is 0.242 e. The van der Waals surface area contributed by atoms with Crippen molar-refractivity contribution in [1.29, 1.82) is 0 Å². The summed E-state index contributed by atoms with van der Waals surface area (Å²) in [6.45, 7) is 0. The zero-order valence-corrected chi connectivity index (χ0v) is 13.9. The molecule has 0 aliphatic heterocycles. The molecule has 0 radical (unpaired) electrons. The number of aromatic amines is 1. The topological polar surface area (TPSA) is 53.2 Å². The summed E-state index contributed by atoms with van der Waals surface area (Å²) in [5.41, 5.74) is 5.97. The van der Waals surface area contributed by atoms with E-state index in [9.17, 15) is 8.42 Å². The molecule has 1 heterocycles. The van der Waals surface area contributed by atoms with E-state index in [1.807, 2.05) is 24.3 Å². The molecule has 4 nitrogen and oxygen atoms in total. The fourth-order valence-electron chi connectivity index (χ4n) is 3.30. The summed E-state index contributed by atoms with van der Waals surface area (Å²) in [6.07, 6.45) is 1.59. The summed E-state index contributed by atoms with van der Waals surface area (Å²) in [4.78, 5) is 3.86. The molecular formula is C18H18N2O2S. The van der Waals surface area contributed by atoms with Crippen molar-refractivity contribution in [3.05, 3.63) is 64.8 Å². The normalized spacial score (nSPS) is 14.0. The molecule has 0 saturated heterocycles. The largest absolute Gasteiger partial charge is 0.358 e. The lowest BCUT2D eigenvalue weighted by Crippen LogP contribution is -2.22. The van der Waals surface area contributed by atoms with Crippen LogP contribution in [0.2, 0.25) is 0 Å². The summed E-state index contributed by atoms with van der Waals surface area (Å²) >= 11 is 0. The predicted molar refractivity (Wildman–Crippen MR) is 91.2 cm³/mol. The van der Waals surface area contributed by atoms with Crippen molar-refractivity contribution in [3.8, 4) is 0 Å². The summed E-state index contributed by atoms with van der Waals surface area (Å²) in [5.74, 6) is 0. The van der Waals surface area contributed by atoms with Gasteiger partial charge in [-0.2, -0.15) is 0 Å². The van der Waals surface area contributed by atoms with Crippen molar-refractivity contribution in [2.75, 3.05) is 14.1 Å². The third-order valence-electron chi connectivity index (χ3n) is 4.59. The van der Waals surface area contributed by atoms with E-state index in [2.05, 4.69) is 17.1 Å². The second-order valence-corrected chi connectivity index (χ2v) is 8.35. The molecule has 3 aromatic rings. The SMILES string of the molecule is CN(C)S(=O)(=O)c1ccc2c(c1)Cc1c([nH]c3ccccc13)C2. The second kappa shape index (κ2) is 4.94. The number of hydrogen-bond donors (Lipinski definition) is 1. The smallest absolute Gasteiger partial charge is 0.242 e. The second-order valence-electron chi connectivity index (χ2n) is 6.20. The molecule has 5 heteroatoms. The first kappa shape index (κ1) is 14.5. The zero-order valence-electron chi connectivity index (χ0n) is 13.1. The summed E-state index contributed by atoms with van der Waals surface area (Å²) < 4.78 is 25.9. The van der Waals surface area contributed by atoms with Gasteiger partial charge >= 0.3 is 0 Å². The molecule has 0 amide bonds. The lowest BCUT2D eigenvalue weighted by molar-refractivity contribution is 0.520. The number of nitrogens with zero attached hydrogens (tertiary/aromatic N) is 1. The highest BCUT2D eigenvalue weighted by atomic mass is 32.2. The van der Waals surface area contributed by atoms with Crippen LogP contribution in [-0.2, 0) is 22.9 Å². The minimum Gasteiger partial charge on any atom is -0.358 e. The van der Waals surface area contributed by atoms with Crippen molar-refractivity contribution >= 4 is 20.9 Å². The zero-order chi connectivity index (χ0) is 16.2. The van der Waals surface area contributed by atoms with Gasteiger partial charge in [0.2, 0.25) is 10.0 Å². The molecular weight excluding hydrogens is 308 g/mol. The highest BCUT2D eigenvalue weighted by Gasteiger charge is 2.23. The quantitative estimate of drug-likeness (QED) is 0.616. The number of rotatable bonds is 2. The van der Waals surface area contributed by atoms with Crippen molar-refractivity contribution in [1.82, 2.24) is 9.29 Å². The van der Waals surface area contributed by atoms with Crippen LogP contribution >= 0.6 is 0 Å². The Morgan fingerprint density at radius 1 is 1.00 bits per heavy atom. The van der Waals surface area contributed by atoms with Crippen LogP contribution in [0.15, 0.2) is 47.4 Å². The molecule has 23 heavy (non-hydrogen) atoms. The van der Waals surface area contributed by atoms with Crippen molar-refractivity contribution in [2.24, 2.45) is 0 Å². The van der Waals surface area contributed by atoms with Crippen molar-refractivity contribution in [3.63, 3.8) is 0 Å². The van der Waals surface area contributed by atoms with Crippen LogP contribution in [0.5, 0.6) is 0 Å². The van der Waals surface area contributed by atoms with Gasteiger partial charge in [-0.05, 0) is 34.9 Å². The molecule has 0 fully saturated rings. The first-order chi connectivity index (χ1) is 11.0. The number of aromatic nitrogens is 1. The molecule has 0 unspecified atom stereocenters. The molecule has 1 N–H and O–H groups in total. The number of hydrogen-bond acceptors (Lipinski definition) is 2. The molecule has 1 aliphatic rings. The fraction of sp³-hybridized carbons (Fsp3) is 0.222. The van der Waals surface area contributed by atoms with Gasteiger partial charge in [0.05, 0.1) is 4.90 Å². The first-order valence-corrected chi connectivity index (χ1v) is 9.03. The van der Waals surface area contributed by atoms with E-state index >= 15 is 0 Å². The van der Waals surface area contributed by atoms with Gasteiger partial charge in [0.25, 0.3) is 0 Å². The van der Waals surface area contributed by atoms with Gasteiger partial charge < -0.3 is 4.98 Å². The van der Waals surface area contributed by atoms with Gasteiger partial charge in [0.1, 0.15) is 0 Å². The van der Waals surface area contributed by atoms with Crippen LogP contribution in [0, 0.1) is 0 Å². The van der Waals surface area contributed by atoms with Crippen LogP contribution in [-0.4, -0.2) is 31.8 Å². The van der Waals surface area contributed by atoms with Crippen LogP contribution < -0.4 is 0 Å². The standard InChI is InChI=1S/C18H18N2O2S/c1-20(2)23(21,22)14-8-7-12-11-18-16(10-13(12)9-14)15-5-3-4-6-17(15)19-18/h3-9,19H,10-11H2,1-2H3. The Bertz CT molecular complexity index is 1020. The molecule has 4 rings (SSSR count). The van der Waals surface area contributed by atoms with Crippen molar-refractivity contribution < 1.29 is 8.42 Å². The highest BCUT2D eigenvalue weighted by molar-refractivity contribution is 7.89.